The molecule has 2 N–H and O–H groups in total. The number of aryl methyl sites for hydroxylation is 1. The van der Waals surface area contributed by atoms with Gasteiger partial charge in [0.15, 0.2) is 5.54 Å². The van der Waals surface area contributed by atoms with E-state index >= 15 is 0 Å². The minimum Gasteiger partial charge on any atom is -0.225 e. The molecule has 5 nitrogen and oxygen atoms in total. The van der Waals surface area contributed by atoms with Crippen LogP contribution in [0, 0.1) is 6.92 Å². The van der Waals surface area contributed by atoms with E-state index in [-0.39, 0.29) is 4.90 Å². The lowest BCUT2D eigenvalue weighted by molar-refractivity contribution is -0.189. The highest BCUT2D eigenvalue weighted by Gasteiger charge is 2.64. The van der Waals surface area contributed by atoms with Crippen molar-refractivity contribution in [2.24, 2.45) is 15.4 Å². The Balaban J connectivity index is 2.15. The lowest BCUT2D eigenvalue weighted by atomic mass is 9.72. The fourth-order valence-electron chi connectivity index (χ4n) is 3.64. The number of hydrogen-bond acceptors (Lipinski definition) is 4. The van der Waals surface area contributed by atoms with Gasteiger partial charge in [-0.2, -0.15) is 23.4 Å². The molecule has 0 bridgehead atoms. The number of hydrogen-bond donors (Lipinski definition) is 1. The summed E-state index contributed by atoms with van der Waals surface area (Å²) in [6.45, 7) is 5.32. The molecule has 0 fully saturated rings. The molecule has 2 aromatic carbocycles. The Hall–Kier alpha value is -2.52. The van der Waals surface area contributed by atoms with Crippen LogP contribution in [0.15, 0.2) is 76.3 Å². The lowest BCUT2D eigenvalue weighted by Gasteiger charge is -2.35. The molecule has 9 heteroatoms. The summed E-state index contributed by atoms with van der Waals surface area (Å²) in [5.74, 6) is -1.12. The van der Waals surface area contributed by atoms with Crippen molar-refractivity contribution in [3.63, 3.8) is 0 Å². The largest absolute Gasteiger partial charge is 0.416 e. The van der Waals surface area contributed by atoms with E-state index < -0.39 is 40.1 Å². The molecule has 2 aromatic rings. The molecule has 154 valence electrons. The number of benzene rings is 2. The van der Waals surface area contributed by atoms with Crippen LogP contribution < -0.4 is 5.14 Å². The Morgan fingerprint density at radius 3 is 2.14 bits per heavy atom. The molecule has 1 aliphatic heterocycles. The van der Waals surface area contributed by atoms with Crippen molar-refractivity contribution in [2.75, 3.05) is 0 Å². The van der Waals surface area contributed by atoms with Gasteiger partial charge in [0.05, 0.1) is 4.90 Å². The van der Waals surface area contributed by atoms with E-state index in [2.05, 4.69) is 16.8 Å². The zero-order valence-electron chi connectivity index (χ0n) is 15.6. The van der Waals surface area contributed by atoms with Gasteiger partial charge in [-0.25, -0.2) is 13.6 Å². The molecular formula is C20H20F3N3O2S. The first kappa shape index (κ1) is 21.2. The fraction of sp³-hybridized carbons (Fsp3) is 0.300. The predicted molar refractivity (Wildman–Crippen MR) is 103 cm³/mol. The average molecular weight is 423 g/mol. The van der Waals surface area contributed by atoms with Crippen LogP contribution in [-0.4, -0.2) is 20.1 Å². The van der Waals surface area contributed by atoms with E-state index in [1.54, 1.807) is 24.3 Å². The molecule has 0 aliphatic carbocycles. The maximum Gasteiger partial charge on any atom is 0.416 e. The molecule has 0 amide bonds. The highest BCUT2D eigenvalue weighted by atomic mass is 32.2. The topological polar surface area (TPSA) is 84.9 Å². The van der Waals surface area contributed by atoms with E-state index in [4.69, 9.17) is 5.14 Å². The van der Waals surface area contributed by atoms with Crippen LogP contribution >= 0.6 is 0 Å². The lowest BCUT2D eigenvalue weighted by Crippen LogP contribution is -2.47. The SMILES string of the molecule is C=CCC1(C(F)(F)F)N=NC(c2ccc(S(N)(=O)=O)cc2)C1c1ccc(C)cc1. The Bertz CT molecular complexity index is 1030. The van der Waals surface area contributed by atoms with E-state index in [0.29, 0.717) is 11.1 Å². The summed E-state index contributed by atoms with van der Waals surface area (Å²) >= 11 is 0. The maximum atomic E-state index is 14.2. The third-order valence-electron chi connectivity index (χ3n) is 5.12. The van der Waals surface area contributed by atoms with Gasteiger partial charge in [0, 0.05) is 12.3 Å². The van der Waals surface area contributed by atoms with Crippen molar-refractivity contribution < 1.29 is 21.6 Å². The van der Waals surface area contributed by atoms with Crippen molar-refractivity contribution in [1.82, 2.24) is 0 Å². The standard InChI is InChI=1S/C20H20F3N3O2S/c1-3-12-19(20(21,22)23)17(14-6-4-13(2)5-7-14)18(25-26-19)15-8-10-16(11-9-15)29(24,27)28/h3-11,17-18H,1,12H2,2H3,(H2,24,27,28). The molecule has 0 saturated carbocycles. The van der Waals surface area contributed by atoms with Gasteiger partial charge >= 0.3 is 6.18 Å². The molecule has 0 aromatic heterocycles. The van der Waals surface area contributed by atoms with Crippen LogP contribution in [0.3, 0.4) is 0 Å². The van der Waals surface area contributed by atoms with Crippen LogP contribution in [0.2, 0.25) is 0 Å². The number of primary sulfonamides is 1. The predicted octanol–water partition coefficient (Wildman–Crippen LogP) is 4.81. The van der Waals surface area contributed by atoms with Gasteiger partial charge < -0.3 is 0 Å². The first-order valence-corrected chi connectivity index (χ1v) is 10.3. The van der Waals surface area contributed by atoms with Gasteiger partial charge in [-0.3, -0.25) is 0 Å². The summed E-state index contributed by atoms with van der Waals surface area (Å²) in [6, 6.07) is 11.2. The number of azo groups is 1. The third-order valence-corrected chi connectivity index (χ3v) is 6.05. The van der Waals surface area contributed by atoms with Gasteiger partial charge in [-0.15, -0.1) is 6.58 Å². The summed E-state index contributed by atoms with van der Waals surface area (Å²) in [7, 11) is -3.92. The molecule has 1 heterocycles. The van der Waals surface area contributed by atoms with Gasteiger partial charge in [0.25, 0.3) is 0 Å². The molecule has 3 unspecified atom stereocenters. The molecule has 3 atom stereocenters. The summed E-state index contributed by atoms with van der Waals surface area (Å²) in [5, 5.41) is 12.8. The van der Waals surface area contributed by atoms with Crippen LogP contribution in [0.4, 0.5) is 13.2 Å². The molecule has 1 aliphatic rings. The van der Waals surface area contributed by atoms with Crippen molar-refractivity contribution >= 4 is 10.0 Å². The Morgan fingerprint density at radius 1 is 1.10 bits per heavy atom. The molecule has 0 radical (unpaired) electrons. The minimum atomic E-state index is -4.66. The Morgan fingerprint density at radius 2 is 1.66 bits per heavy atom. The molecule has 0 spiro atoms. The van der Waals surface area contributed by atoms with E-state index in [0.717, 1.165) is 5.56 Å². The number of sulfonamides is 1. The average Bonchev–Trinajstić information content (AvgIpc) is 3.03. The molecule has 3 rings (SSSR count). The Labute approximate surface area is 167 Å². The smallest absolute Gasteiger partial charge is 0.225 e. The quantitative estimate of drug-likeness (QED) is 0.700. The van der Waals surface area contributed by atoms with Crippen LogP contribution in [0.25, 0.3) is 0 Å². The van der Waals surface area contributed by atoms with E-state index in [1.807, 2.05) is 6.92 Å². The highest BCUT2D eigenvalue weighted by molar-refractivity contribution is 7.89. The normalized spacial score (nSPS) is 24.6. The van der Waals surface area contributed by atoms with Crippen molar-refractivity contribution in [3.05, 3.63) is 77.9 Å². The Kier molecular flexibility index (Phi) is 5.40. The minimum absolute atomic E-state index is 0.128. The van der Waals surface area contributed by atoms with Gasteiger partial charge in [0.1, 0.15) is 6.04 Å². The second kappa shape index (κ2) is 7.38. The van der Waals surface area contributed by atoms with Gasteiger partial charge in [-0.1, -0.05) is 48.0 Å². The van der Waals surface area contributed by atoms with Gasteiger partial charge in [-0.05, 0) is 30.2 Å². The number of alkyl halides is 3. The summed E-state index contributed by atoms with van der Waals surface area (Å²) in [5.41, 5.74) is -0.675. The number of nitrogens with zero attached hydrogens (tertiary/aromatic N) is 2. The molecular weight excluding hydrogens is 403 g/mol. The second-order valence-electron chi connectivity index (χ2n) is 7.08. The molecule has 0 saturated heterocycles. The summed E-state index contributed by atoms with van der Waals surface area (Å²) < 4.78 is 65.6. The number of halogens is 3. The number of rotatable bonds is 5. The first-order valence-electron chi connectivity index (χ1n) is 8.78. The fourth-order valence-corrected chi connectivity index (χ4v) is 4.15. The first-order chi connectivity index (χ1) is 13.5. The van der Waals surface area contributed by atoms with Crippen LogP contribution in [-0.2, 0) is 10.0 Å². The van der Waals surface area contributed by atoms with Gasteiger partial charge in [0.2, 0.25) is 10.0 Å². The van der Waals surface area contributed by atoms with E-state index in [9.17, 15) is 21.6 Å². The highest BCUT2D eigenvalue weighted by Crippen LogP contribution is 2.57. The summed E-state index contributed by atoms with van der Waals surface area (Å²) in [6.07, 6.45) is -3.89. The number of nitrogens with two attached hydrogens (primary N) is 1. The van der Waals surface area contributed by atoms with Crippen LogP contribution in [0.5, 0.6) is 0 Å². The van der Waals surface area contributed by atoms with Crippen molar-refractivity contribution in [2.45, 2.75) is 41.9 Å². The maximum absolute atomic E-state index is 14.2. The zero-order valence-corrected chi connectivity index (χ0v) is 16.4. The monoisotopic (exact) mass is 423 g/mol. The third kappa shape index (κ3) is 3.84. The van der Waals surface area contributed by atoms with Crippen molar-refractivity contribution in [3.8, 4) is 0 Å². The zero-order chi connectivity index (χ0) is 21.4. The molecule has 29 heavy (non-hydrogen) atoms. The van der Waals surface area contributed by atoms with Crippen LogP contribution in [0.1, 0.15) is 35.1 Å². The van der Waals surface area contributed by atoms with E-state index in [1.165, 1.54) is 30.3 Å². The van der Waals surface area contributed by atoms with Crippen molar-refractivity contribution in [1.29, 1.82) is 0 Å². The summed E-state index contributed by atoms with van der Waals surface area (Å²) in [4.78, 5) is -0.128. The second-order valence-corrected chi connectivity index (χ2v) is 8.64.